The molecule has 12 nitrogen and oxygen atoms in total. The lowest BCUT2D eigenvalue weighted by Gasteiger charge is -2.49. The molecule has 4 N–H and O–H groups in total. The Hall–Kier alpha value is -4.70. The number of aromatic amines is 2. The number of hydrogen-bond acceptors (Lipinski definition) is 8. The maximum Gasteiger partial charge on any atom is 0.243 e. The molecule has 316 valence electrons. The van der Waals surface area contributed by atoms with Gasteiger partial charge in [0.1, 0.15) is 0 Å². The highest BCUT2D eigenvalue weighted by Gasteiger charge is 2.48. The average molecular weight is 857 g/mol. The van der Waals surface area contributed by atoms with E-state index in [1.807, 2.05) is 60.7 Å². The highest BCUT2D eigenvalue weighted by Crippen LogP contribution is 2.43. The maximum atomic E-state index is 14.3. The third-order valence-corrected chi connectivity index (χ3v) is 18.7. The second-order valence-electron chi connectivity index (χ2n) is 18.6. The maximum absolute atomic E-state index is 14.3. The molecule has 1 unspecified atom stereocenters. The molecular weight excluding hydrogens is 805 g/mol. The third kappa shape index (κ3) is 6.35. The molecule has 0 aliphatic carbocycles. The lowest BCUT2D eigenvalue weighted by atomic mass is 9.83. The highest BCUT2D eigenvalue weighted by molar-refractivity contribution is 7.89. The summed E-state index contributed by atoms with van der Waals surface area (Å²) in [6, 6.07) is 32.2. The van der Waals surface area contributed by atoms with Gasteiger partial charge in [0.05, 0.1) is 9.79 Å². The lowest BCUT2D eigenvalue weighted by molar-refractivity contribution is 0.0555. The van der Waals surface area contributed by atoms with Gasteiger partial charge < -0.3 is 30.4 Å². The molecule has 14 heteroatoms. The number of benzene rings is 4. The molecule has 12 rings (SSSR count). The van der Waals surface area contributed by atoms with Gasteiger partial charge in [0.2, 0.25) is 20.0 Å². The minimum Gasteiger partial charge on any atom is -0.369 e. The number of H-pyrrole nitrogens is 2. The van der Waals surface area contributed by atoms with Gasteiger partial charge in [-0.1, -0.05) is 36.4 Å². The number of fused-ring (bicyclic) bond motifs is 3. The quantitative estimate of drug-likeness (QED) is 0.138. The van der Waals surface area contributed by atoms with Crippen molar-refractivity contribution in [2.24, 2.45) is 17.8 Å². The van der Waals surface area contributed by atoms with Crippen molar-refractivity contribution in [2.75, 3.05) is 75.2 Å². The number of nitrogens with one attached hydrogen (secondary N) is 4. The lowest BCUT2D eigenvalue weighted by Crippen LogP contribution is -2.61. The van der Waals surface area contributed by atoms with Crippen LogP contribution in [0.3, 0.4) is 0 Å². The Bertz CT molecular complexity index is 2830. The second kappa shape index (κ2) is 14.2. The van der Waals surface area contributed by atoms with Crippen LogP contribution in [-0.4, -0.2) is 112 Å². The van der Waals surface area contributed by atoms with Crippen molar-refractivity contribution in [3.8, 4) is 22.5 Å². The fourth-order valence-electron chi connectivity index (χ4n) is 11.3. The van der Waals surface area contributed by atoms with Gasteiger partial charge >= 0.3 is 0 Å². The van der Waals surface area contributed by atoms with Crippen LogP contribution < -0.4 is 20.4 Å². The number of para-hydroxylation sites is 2. The topological polar surface area (TPSA) is 137 Å². The Labute approximate surface area is 357 Å². The van der Waals surface area contributed by atoms with Crippen molar-refractivity contribution < 1.29 is 16.8 Å². The Morgan fingerprint density at radius 1 is 0.574 bits per heavy atom. The summed E-state index contributed by atoms with van der Waals surface area (Å²) in [5.74, 6) is 0.793. The molecule has 6 fully saturated rings. The summed E-state index contributed by atoms with van der Waals surface area (Å²) in [6.07, 6.45) is 4.58. The van der Waals surface area contributed by atoms with Gasteiger partial charge in [-0.05, 0) is 117 Å². The van der Waals surface area contributed by atoms with Gasteiger partial charge in [-0.2, -0.15) is 8.61 Å². The number of sulfonamides is 2. The van der Waals surface area contributed by atoms with Crippen molar-refractivity contribution in [1.82, 2.24) is 29.2 Å². The van der Waals surface area contributed by atoms with Crippen molar-refractivity contribution in [3.63, 3.8) is 0 Å². The molecule has 3 atom stereocenters. The van der Waals surface area contributed by atoms with E-state index < -0.39 is 20.0 Å². The fraction of sp³-hybridized carbons (Fsp3) is 0.404. The van der Waals surface area contributed by atoms with Crippen LogP contribution in [0.1, 0.15) is 25.7 Å². The van der Waals surface area contributed by atoms with Crippen LogP contribution >= 0.6 is 0 Å². The predicted molar refractivity (Wildman–Crippen MR) is 241 cm³/mol. The number of anilines is 2. The van der Waals surface area contributed by atoms with Gasteiger partial charge in [-0.15, -0.1) is 0 Å². The van der Waals surface area contributed by atoms with Crippen LogP contribution in [0.5, 0.6) is 0 Å². The normalized spacial score (nSPS) is 25.3. The van der Waals surface area contributed by atoms with Crippen LogP contribution in [0.15, 0.2) is 107 Å². The highest BCUT2D eigenvalue weighted by atomic mass is 32.2. The van der Waals surface area contributed by atoms with Crippen LogP contribution in [0.2, 0.25) is 0 Å². The molecule has 0 bridgehead atoms. The third-order valence-electron chi connectivity index (χ3n) is 15.0. The average Bonchev–Trinajstić information content (AvgIpc) is 4.09. The largest absolute Gasteiger partial charge is 0.369 e. The van der Waals surface area contributed by atoms with Crippen LogP contribution in [0, 0.1) is 17.8 Å². The van der Waals surface area contributed by atoms with Gasteiger partial charge in [-0.3, -0.25) is 0 Å². The SMILES string of the molecule is O=S(=O)(c1ccc(N2C[C@@H]3CCN[C@@H]3C2)c(-c2cc3ccccc3[nH]2)c1)N1CC(C2CN(S(=O)(=O)c3ccc(N4CCC5(CCCN5)C4)c(-c4cc5ccccc5[nH]4)c3)C2)C1. The molecule has 6 saturated heterocycles. The van der Waals surface area contributed by atoms with E-state index in [1.165, 1.54) is 6.42 Å². The van der Waals surface area contributed by atoms with Gasteiger partial charge in [0.15, 0.2) is 0 Å². The minimum atomic E-state index is -3.77. The Kier molecular flexibility index (Phi) is 8.83. The van der Waals surface area contributed by atoms with Crippen LogP contribution in [-0.2, 0) is 20.0 Å². The summed E-state index contributed by atoms with van der Waals surface area (Å²) >= 11 is 0. The Balaban J connectivity index is 0.759. The van der Waals surface area contributed by atoms with E-state index in [-0.39, 0.29) is 27.2 Å². The van der Waals surface area contributed by atoms with E-state index in [0.29, 0.717) is 38.1 Å². The van der Waals surface area contributed by atoms with Crippen molar-refractivity contribution in [2.45, 2.75) is 47.1 Å². The molecule has 0 amide bonds. The van der Waals surface area contributed by atoms with E-state index in [1.54, 1.807) is 20.7 Å². The summed E-state index contributed by atoms with van der Waals surface area (Å²) in [6.45, 7) is 7.32. The second-order valence-corrected chi connectivity index (χ2v) is 22.4. The zero-order valence-corrected chi connectivity index (χ0v) is 35.8. The molecule has 6 aliphatic rings. The first-order valence-corrected chi connectivity index (χ1v) is 24.9. The van der Waals surface area contributed by atoms with Gasteiger partial charge in [-0.25, -0.2) is 16.8 Å². The number of hydrogen-bond donors (Lipinski definition) is 4. The standard InChI is InChI=1S/C47H52N8O4S2/c56-60(57,36-10-12-45(52-19-16-47(30-52)15-5-17-49-47)38(22-36)42-20-31-6-1-3-8-40(31)50-42)54-25-34(26-54)35-27-55(28-35)61(58,59)37-11-13-46(53-24-33-14-18-48-44(33)29-53)39(23-37)43-21-32-7-2-4-9-41(32)51-43/h1-4,6-13,20-23,33-35,44,48-51H,5,14-19,24-30H2/t33-,44+,47?/m0/s1. The fourth-order valence-corrected chi connectivity index (χ4v) is 14.5. The Morgan fingerprint density at radius 3 is 1.69 bits per heavy atom. The molecule has 1 spiro atoms. The van der Waals surface area contributed by atoms with Crippen LogP contribution in [0.4, 0.5) is 11.4 Å². The van der Waals surface area contributed by atoms with Crippen molar-refractivity contribution in [1.29, 1.82) is 0 Å². The minimum absolute atomic E-state index is 0.0980. The van der Waals surface area contributed by atoms with E-state index >= 15 is 0 Å². The predicted octanol–water partition coefficient (Wildman–Crippen LogP) is 6.05. The Morgan fingerprint density at radius 2 is 1.15 bits per heavy atom. The summed E-state index contributed by atoms with van der Waals surface area (Å²) in [7, 11) is -7.54. The number of rotatable bonds is 9. The summed E-state index contributed by atoms with van der Waals surface area (Å²) < 4.78 is 60.1. The first kappa shape index (κ1) is 38.0. The summed E-state index contributed by atoms with van der Waals surface area (Å²) in [5.41, 5.74) is 7.86. The molecule has 2 aromatic heterocycles. The molecule has 8 heterocycles. The van der Waals surface area contributed by atoms with E-state index in [0.717, 1.165) is 114 Å². The van der Waals surface area contributed by atoms with Crippen molar-refractivity contribution >= 4 is 53.2 Å². The molecule has 61 heavy (non-hydrogen) atoms. The first-order chi connectivity index (χ1) is 29.6. The summed E-state index contributed by atoms with van der Waals surface area (Å²) in [5, 5.41) is 9.57. The molecule has 6 aliphatic heterocycles. The van der Waals surface area contributed by atoms with Gasteiger partial charge in [0.25, 0.3) is 0 Å². The van der Waals surface area contributed by atoms with E-state index in [4.69, 9.17) is 0 Å². The zero-order valence-electron chi connectivity index (χ0n) is 34.2. The van der Waals surface area contributed by atoms with E-state index in [2.05, 4.69) is 54.7 Å². The van der Waals surface area contributed by atoms with Crippen molar-refractivity contribution in [3.05, 3.63) is 97.1 Å². The first-order valence-electron chi connectivity index (χ1n) is 22.0. The molecule has 4 aromatic carbocycles. The molecule has 6 aromatic rings. The van der Waals surface area contributed by atoms with Gasteiger partial charge in [0, 0.05) is 120 Å². The van der Waals surface area contributed by atoms with E-state index in [9.17, 15) is 16.8 Å². The van der Waals surface area contributed by atoms with Crippen LogP contribution in [0.25, 0.3) is 44.3 Å². The zero-order chi connectivity index (χ0) is 41.1. The monoisotopic (exact) mass is 856 g/mol. The summed E-state index contributed by atoms with van der Waals surface area (Å²) in [4.78, 5) is 12.5. The number of nitrogens with zero attached hydrogens (tertiary/aromatic N) is 4. The molecule has 0 radical (unpaired) electrons. The molecule has 0 saturated carbocycles. The number of aromatic nitrogens is 2. The smallest absolute Gasteiger partial charge is 0.243 e. The molecular formula is C47H52N8O4S2.